The van der Waals surface area contributed by atoms with Crippen LogP contribution >= 0.6 is 23.1 Å². The van der Waals surface area contributed by atoms with Crippen LogP contribution in [0.3, 0.4) is 0 Å². The second kappa shape index (κ2) is 6.92. The molecule has 3 aromatic heterocycles. The van der Waals surface area contributed by atoms with Gasteiger partial charge in [-0.25, -0.2) is 9.78 Å². The molecular weight excluding hydrogens is 378 g/mol. The zero-order valence-corrected chi connectivity index (χ0v) is 15.7. The summed E-state index contributed by atoms with van der Waals surface area (Å²) in [5.74, 6) is -0.521. The van der Waals surface area contributed by atoms with Crippen molar-refractivity contribution in [2.24, 2.45) is 0 Å². The van der Waals surface area contributed by atoms with E-state index >= 15 is 0 Å². The smallest absolute Gasteiger partial charge is 0.319 e. The molecule has 4 N–H and O–H groups in total. The van der Waals surface area contributed by atoms with Gasteiger partial charge in [0.15, 0.2) is 5.16 Å². The Labute approximate surface area is 154 Å². The number of aromatic nitrogens is 4. The molecule has 0 saturated heterocycles. The molecule has 3 rings (SSSR count). The second-order valence-corrected chi connectivity index (χ2v) is 7.75. The van der Waals surface area contributed by atoms with Gasteiger partial charge in [0.25, 0.3) is 11.1 Å². The highest BCUT2D eigenvalue weighted by molar-refractivity contribution is 7.99. The van der Waals surface area contributed by atoms with Crippen LogP contribution in [0.4, 0.5) is 5.69 Å². The Morgan fingerprint density at radius 3 is 2.54 bits per heavy atom. The molecule has 0 unspecified atom stereocenters. The van der Waals surface area contributed by atoms with Crippen molar-refractivity contribution in [3.63, 3.8) is 0 Å². The second-order valence-electron chi connectivity index (χ2n) is 5.58. The number of H-pyrrole nitrogens is 3. The van der Waals surface area contributed by atoms with Crippen molar-refractivity contribution in [3.05, 3.63) is 47.3 Å². The highest BCUT2D eigenvalue weighted by Gasteiger charge is 2.14. The number of hydrogen-bond acceptors (Lipinski definition) is 7. The van der Waals surface area contributed by atoms with E-state index in [1.807, 2.05) is 18.8 Å². The van der Waals surface area contributed by atoms with Crippen LogP contribution in [0.15, 0.2) is 19.5 Å². The number of thiophene rings is 1. The Balaban J connectivity index is 1.76. The summed E-state index contributed by atoms with van der Waals surface area (Å²) in [4.78, 5) is 60.3. The number of nitrogens with one attached hydrogen (secondary N) is 4. The van der Waals surface area contributed by atoms with Crippen LogP contribution in [0.1, 0.15) is 16.1 Å². The maximum Gasteiger partial charge on any atom is 0.326 e. The van der Waals surface area contributed by atoms with Gasteiger partial charge in [0.2, 0.25) is 5.91 Å². The molecule has 0 aromatic carbocycles. The van der Waals surface area contributed by atoms with Crippen molar-refractivity contribution in [2.75, 3.05) is 11.1 Å². The van der Waals surface area contributed by atoms with Crippen molar-refractivity contribution in [2.45, 2.75) is 25.9 Å². The molecule has 3 aromatic rings. The van der Waals surface area contributed by atoms with E-state index in [1.54, 1.807) is 0 Å². The molecule has 136 valence electrons. The first-order chi connectivity index (χ1) is 12.3. The summed E-state index contributed by atoms with van der Waals surface area (Å²) in [6.07, 6.45) is 0. The molecule has 26 heavy (non-hydrogen) atoms. The molecule has 0 aliphatic carbocycles. The van der Waals surface area contributed by atoms with E-state index in [9.17, 15) is 19.2 Å². The van der Waals surface area contributed by atoms with Gasteiger partial charge < -0.3 is 15.3 Å². The zero-order chi connectivity index (χ0) is 19.0. The number of fused-ring (bicyclic) bond motifs is 1. The van der Waals surface area contributed by atoms with Gasteiger partial charge in [-0.1, -0.05) is 11.8 Å². The molecule has 0 aliphatic rings. The summed E-state index contributed by atoms with van der Waals surface area (Å²) >= 11 is 2.48. The van der Waals surface area contributed by atoms with E-state index in [0.29, 0.717) is 15.4 Å². The average Bonchev–Trinajstić information content (AvgIpc) is 2.83. The van der Waals surface area contributed by atoms with E-state index in [1.165, 1.54) is 18.3 Å². The Bertz CT molecular complexity index is 1190. The topological polar surface area (TPSA) is 141 Å². The SMILES string of the molecule is Cc1[nH]c(=O)[nH]c(=O)c1NC(=O)CSc1nc2sc(C)c(C)c2c(=O)[nH]1. The van der Waals surface area contributed by atoms with E-state index in [4.69, 9.17) is 0 Å². The number of carbonyl (C=O) groups excluding carboxylic acids is 1. The molecule has 0 atom stereocenters. The molecule has 0 radical (unpaired) electrons. The molecule has 1 amide bonds. The Kier molecular flexibility index (Phi) is 4.83. The summed E-state index contributed by atoms with van der Waals surface area (Å²) in [5, 5.41) is 3.34. The lowest BCUT2D eigenvalue weighted by Gasteiger charge is -2.06. The summed E-state index contributed by atoms with van der Waals surface area (Å²) in [5.41, 5.74) is -0.418. The van der Waals surface area contributed by atoms with Crippen LogP contribution in [0.25, 0.3) is 10.2 Å². The Morgan fingerprint density at radius 2 is 1.85 bits per heavy atom. The number of hydrogen-bond donors (Lipinski definition) is 4. The first kappa shape index (κ1) is 18.1. The highest BCUT2D eigenvalue weighted by Crippen LogP contribution is 2.27. The molecule has 0 spiro atoms. The third-order valence-corrected chi connectivity index (χ3v) is 5.73. The summed E-state index contributed by atoms with van der Waals surface area (Å²) in [6, 6.07) is 0. The summed E-state index contributed by atoms with van der Waals surface area (Å²) in [6.45, 7) is 5.30. The maximum atomic E-state index is 12.2. The van der Waals surface area contributed by atoms with Crippen molar-refractivity contribution in [1.29, 1.82) is 0 Å². The van der Waals surface area contributed by atoms with Crippen molar-refractivity contribution in [1.82, 2.24) is 19.9 Å². The minimum Gasteiger partial charge on any atom is -0.319 e. The average molecular weight is 393 g/mol. The van der Waals surface area contributed by atoms with E-state index in [0.717, 1.165) is 22.2 Å². The lowest BCUT2D eigenvalue weighted by atomic mass is 10.2. The number of nitrogens with zero attached hydrogens (tertiary/aromatic N) is 1. The molecule has 0 saturated carbocycles. The van der Waals surface area contributed by atoms with E-state index in [-0.39, 0.29) is 22.7 Å². The summed E-state index contributed by atoms with van der Waals surface area (Å²) < 4.78 is 0. The molecule has 9 nitrogen and oxygen atoms in total. The van der Waals surface area contributed by atoms with Gasteiger partial charge in [-0.15, -0.1) is 11.3 Å². The predicted octanol–water partition coefficient (Wildman–Crippen LogP) is 1.02. The number of anilines is 1. The monoisotopic (exact) mass is 393 g/mol. The number of rotatable bonds is 4. The van der Waals surface area contributed by atoms with E-state index in [2.05, 4.69) is 20.3 Å². The van der Waals surface area contributed by atoms with Gasteiger partial charge in [0, 0.05) is 10.6 Å². The van der Waals surface area contributed by atoms with Crippen LogP contribution in [0, 0.1) is 20.8 Å². The van der Waals surface area contributed by atoms with Gasteiger partial charge in [-0.2, -0.15) is 0 Å². The fraction of sp³-hybridized carbons (Fsp3) is 0.267. The number of amides is 1. The lowest BCUT2D eigenvalue weighted by Crippen LogP contribution is -2.29. The van der Waals surface area contributed by atoms with Crippen LogP contribution in [0.5, 0.6) is 0 Å². The normalized spacial score (nSPS) is 11.0. The summed E-state index contributed by atoms with van der Waals surface area (Å²) in [7, 11) is 0. The number of aryl methyl sites for hydroxylation is 3. The van der Waals surface area contributed by atoms with Gasteiger partial charge in [-0.3, -0.25) is 19.4 Å². The van der Waals surface area contributed by atoms with Crippen molar-refractivity contribution < 1.29 is 4.79 Å². The van der Waals surface area contributed by atoms with Crippen molar-refractivity contribution in [3.8, 4) is 0 Å². The molecular formula is C15H15N5O4S2. The van der Waals surface area contributed by atoms with Crippen LogP contribution in [-0.4, -0.2) is 31.6 Å². The third kappa shape index (κ3) is 3.48. The first-order valence-electron chi connectivity index (χ1n) is 7.52. The fourth-order valence-corrected chi connectivity index (χ4v) is 4.11. The van der Waals surface area contributed by atoms with Gasteiger partial charge in [0.1, 0.15) is 10.5 Å². The van der Waals surface area contributed by atoms with E-state index < -0.39 is 17.2 Å². The fourth-order valence-electron chi connectivity index (χ4n) is 2.36. The number of carbonyl (C=O) groups is 1. The van der Waals surface area contributed by atoms with Gasteiger partial charge >= 0.3 is 5.69 Å². The molecule has 0 bridgehead atoms. The standard InChI is InChI=1S/C15H15N5O4S2/c1-5-7(3)26-13-9(5)11(22)19-15(20-13)25-4-8(21)17-10-6(2)16-14(24)18-12(10)23/h4H2,1-3H3,(H,17,21)(H,19,20,22)(H2,16,18,23,24). The largest absolute Gasteiger partial charge is 0.326 e. The molecule has 11 heteroatoms. The molecule has 3 heterocycles. The quantitative estimate of drug-likeness (QED) is 0.385. The maximum absolute atomic E-state index is 12.2. The number of aromatic amines is 3. The minimum absolute atomic E-state index is 0.0170. The first-order valence-corrected chi connectivity index (χ1v) is 9.32. The minimum atomic E-state index is -0.679. The Morgan fingerprint density at radius 1 is 1.12 bits per heavy atom. The van der Waals surface area contributed by atoms with Crippen molar-refractivity contribution >= 4 is 44.9 Å². The van der Waals surface area contributed by atoms with Gasteiger partial charge in [0.05, 0.1) is 11.1 Å². The van der Waals surface area contributed by atoms with Gasteiger partial charge in [-0.05, 0) is 26.3 Å². The van der Waals surface area contributed by atoms with Crippen LogP contribution < -0.4 is 22.1 Å². The molecule has 0 aliphatic heterocycles. The Hall–Kier alpha value is -2.66. The van der Waals surface area contributed by atoms with Crippen LogP contribution in [0.2, 0.25) is 0 Å². The third-order valence-electron chi connectivity index (χ3n) is 3.75. The lowest BCUT2D eigenvalue weighted by molar-refractivity contribution is -0.113. The number of thioether (sulfide) groups is 1. The highest BCUT2D eigenvalue weighted by atomic mass is 32.2. The molecule has 0 fully saturated rings. The predicted molar refractivity (Wildman–Crippen MR) is 101 cm³/mol. The zero-order valence-electron chi connectivity index (χ0n) is 14.1. The van der Waals surface area contributed by atoms with Crippen LogP contribution in [-0.2, 0) is 4.79 Å².